The third kappa shape index (κ3) is 4.30. The number of anilines is 1. The molecule has 122 valence electrons. The van der Waals surface area contributed by atoms with Crippen molar-refractivity contribution in [2.24, 2.45) is 0 Å². The summed E-state index contributed by atoms with van der Waals surface area (Å²) in [6, 6.07) is 10.4. The SMILES string of the molecule is COc1ccc(NC(=O)C(C)Oc2ccc(Cl)c(C)c2Cl)cc1. The van der Waals surface area contributed by atoms with E-state index in [-0.39, 0.29) is 5.91 Å². The van der Waals surface area contributed by atoms with Crippen LogP contribution in [0.15, 0.2) is 36.4 Å². The number of benzene rings is 2. The van der Waals surface area contributed by atoms with Gasteiger partial charge in [0.25, 0.3) is 5.91 Å². The van der Waals surface area contributed by atoms with Gasteiger partial charge in [-0.1, -0.05) is 23.2 Å². The van der Waals surface area contributed by atoms with Gasteiger partial charge >= 0.3 is 0 Å². The standard InChI is InChI=1S/C17H17Cl2NO3/c1-10-14(18)8-9-15(16(10)19)23-11(2)17(21)20-12-4-6-13(22-3)7-5-12/h4-9,11H,1-3H3,(H,20,21). The van der Waals surface area contributed by atoms with Crippen LogP contribution >= 0.6 is 23.2 Å². The number of carbonyl (C=O) groups is 1. The molecule has 0 aromatic heterocycles. The first kappa shape index (κ1) is 17.4. The quantitative estimate of drug-likeness (QED) is 0.845. The van der Waals surface area contributed by atoms with E-state index in [2.05, 4.69) is 5.32 Å². The summed E-state index contributed by atoms with van der Waals surface area (Å²) < 4.78 is 10.7. The summed E-state index contributed by atoms with van der Waals surface area (Å²) in [5, 5.41) is 3.73. The monoisotopic (exact) mass is 353 g/mol. The number of hydrogen-bond donors (Lipinski definition) is 1. The van der Waals surface area contributed by atoms with E-state index in [1.54, 1.807) is 57.4 Å². The van der Waals surface area contributed by atoms with Crippen LogP contribution in [0.4, 0.5) is 5.69 Å². The molecule has 0 saturated heterocycles. The molecular formula is C17H17Cl2NO3. The average molecular weight is 354 g/mol. The number of amides is 1. The average Bonchev–Trinajstić information content (AvgIpc) is 2.56. The Labute approximate surface area is 145 Å². The predicted octanol–water partition coefficient (Wildman–Crippen LogP) is 4.72. The largest absolute Gasteiger partial charge is 0.497 e. The van der Waals surface area contributed by atoms with Crippen molar-refractivity contribution in [2.75, 3.05) is 12.4 Å². The Morgan fingerprint density at radius 2 is 1.78 bits per heavy atom. The maximum Gasteiger partial charge on any atom is 0.265 e. The molecule has 0 aliphatic carbocycles. The zero-order chi connectivity index (χ0) is 17.0. The Kier molecular flexibility index (Phi) is 5.74. The summed E-state index contributed by atoms with van der Waals surface area (Å²) in [7, 11) is 1.58. The summed E-state index contributed by atoms with van der Waals surface area (Å²) in [5.74, 6) is 0.862. The number of nitrogens with one attached hydrogen (secondary N) is 1. The molecule has 0 radical (unpaired) electrons. The minimum absolute atomic E-state index is 0.279. The number of methoxy groups -OCH3 is 1. The number of carbonyl (C=O) groups excluding carboxylic acids is 1. The van der Waals surface area contributed by atoms with Crippen LogP contribution in [-0.4, -0.2) is 19.1 Å². The Morgan fingerprint density at radius 1 is 1.13 bits per heavy atom. The lowest BCUT2D eigenvalue weighted by Gasteiger charge is -2.17. The minimum atomic E-state index is -0.713. The van der Waals surface area contributed by atoms with Crippen LogP contribution in [0.2, 0.25) is 10.0 Å². The molecule has 1 amide bonds. The van der Waals surface area contributed by atoms with Crippen LogP contribution in [0.3, 0.4) is 0 Å². The molecule has 2 rings (SSSR count). The summed E-state index contributed by atoms with van der Waals surface area (Å²) >= 11 is 12.2. The van der Waals surface area contributed by atoms with Crippen molar-refractivity contribution in [2.45, 2.75) is 20.0 Å². The Balaban J connectivity index is 2.03. The van der Waals surface area contributed by atoms with Gasteiger partial charge in [0.1, 0.15) is 11.5 Å². The molecule has 0 aliphatic rings. The van der Waals surface area contributed by atoms with E-state index in [0.717, 1.165) is 5.75 Å². The topological polar surface area (TPSA) is 47.6 Å². The van der Waals surface area contributed by atoms with Gasteiger partial charge in [0, 0.05) is 10.7 Å². The number of hydrogen-bond acceptors (Lipinski definition) is 3. The van der Waals surface area contributed by atoms with Gasteiger partial charge in [-0.2, -0.15) is 0 Å². The molecule has 0 spiro atoms. The number of rotatable bonds is 5. The van der Waals surface area contributed by atoms with Gasteiger partial charge in [0.15, 0.2) is 6.10 Å². The number of halogens is 2. The molecule has 1 atom stereocenters. The predicted molar refractivity (Wildman–Crippen MR) is 92.9 cm³/mol. The fraction of sp³-hybridized carbons (Fsp3) is 0.235. The maximum atomic E-state index is 12.2. The fourth-order valence-electron chi connectivity index (χ4n) is 1.89. The number of ether oxygens (including phenoxy) is 2. The van der Waals surface area contributed by atoms with E-state index in [4.69, 9.17) is 32.7 Å². The second kappa shape index (κ2) is 7.57. The van der Waals surface area contributed by atoms with Gasteiger partial charge in [-0.15, -0.1) is 0 Å². The van der Waals surface area contributed by atoms with Gasteiger partial charge in [-0.05, 0) is 55.8 Å². The van der Waals surface area contributed by atoms with Crippen LogP contribution < -0.4 is 14.8 Å². The van der Waals surface area contributed by atoms with Crippen LogP contribution in [0.1, 0.15) is 12.5 Å². The van der Waals surface area contributed by atoms with Crippen molar-refractivity contribution < 1.29 is 14.3 Å². The van der Waals surface area contributed by atoms with E-state index in [1.807, 2.05) is 0 Å². The van der Waals surface area contributed by atoms with Gasteiger partial charge in [-0.25, -0.2) is 0 Å². The van der Waals surface area contributed by atoms with Crippen LogP contribution in [0, 0.1) is 6.92 Å². The van der Waals surface area contributed by atoms with E-state index in [1.165, 1.54) is 0 Å². The molecule has 2 aromatic carbocycles. The first-order valence-corrected chi connectivity index (χ1v) is 7.74. The lowest BCUT2D eigenvalue weighted by molar-refractivity contribution is -0.122. The molecule has 0 bridgehead atoms. The normalized spacial score (nSPS) is 11.7. The van der Waals surface area contributed by atoms with Gasteiger partial charge in [-0.3, -0.25) is 4.79 Å². The first-order chi connectivity index (χ1) is 10.9. The van der Waals surface area contributed by atoms with Crippen molar-refractivity contribution in [1.82, 2.24) is 0 Å². The third-order valence-corrected chi connectivity index (χ3v) is 4.19. The summed E-state index contributed by atoms with van der Waals surface area (Å²) in [6.45, 7) is 3.44. The highest BCUT2D eigenvalue weighted by atomic mass is 35.5. The van der Waals surface area contributed by atoms with E-state index < -0.39 is 6.10 Å². The molecule has 4 nitrogen and oxygen atoms in total. The van der Waals surface area contributed by atoms with Gasteiger partial charge < -0.3 is 14.8 Å². The maximum absolute atomic E-state index is 12.2. The highest BCUT2D eigenvalue weighted by Gasteiger charge is 2.17. The van der Waals surface area contributed by atoms with Crippen molar-refractivity contribution in [3.05, 3.63) is 52.0 Å². The van der Waals surface area contributed by atoms with Crippen molar-refractivity contribution >= 4 is 34.8 Å². The Hall–Kier alpha value is -1.91. The van der Waals surface area contributed by atoms with E-state index in [0.29, 0.717) is 27.0 Å². The van der Waals surface area contributed by atoms with Gasteiger partial charge in [0.05, 0.1) is 12.1 Å². The molecule has 1 unspecified atom stereocenters. The summed E-state index contributed by atoms with van der Waals surface area (Å²) in [6.07, 6.45) is -0.713. The summed E-state index contributed by atoms with van der Waals surface area (Å²) in [5.41, 5.74) is 1.37. The van der Waals surface area contributed by atoms with Crippen LogP contribution in [-0.2, 0) is 4.79 Å². The summed E-state index contributed by atoms with van der Waals surface area (Å²) in [4.78, 5) is 12.2. The highest BCUT2D eigenvalue weighted by Crippen LogP contribution is 2.33. The molecule has 6 heteroatoms. The smallest absolute Gasteiger partial charge is 0.265 e. The molecule has 0 saturated carbocycles. The Bertz CT molecular complexity index is 702. The van der Waals surface area contributed by atoms with Gasteiger partial charge in [0.2, 0.25) is 0 Å². The molecular weight excluding hydrogens is 337 g/mol. The van der Waals surface area contributed by atoms with Crippen molar-refractivity contribution in [3.63, 3.8) is 0 Å². The lowest BCUT2D eigenvalue weighted by Crippen LogP contribution is -2.30. The zero-order valence-corrected chi connectivity index (χ0v) is 14.5. The van der Waals surface area contributed by atoms with Crippen LogP contribution in [0.5, 0.6) is 11.5 Å². The minimum Gasteiger partial charge on any atom is -0.497 e. The van der Waals surface area contributed by atoms with Crippen LogP contribution in [0.25, 0.3) is 0 Å². The van der Waals surface area contributed by atoms with E-state index in [9.17, 15) is 4.79 Å². The molecule has 1 N–H and O–H groups in total. The lowest BCUT2D eigenvalue weighted by atomic mass is 10.2. The zero-order valence-electron chi connectivity index (χ0n) is 13.0. The molecule has 0 aliphatic heterocycles. The molecule has 0 heterocycles. The molecule has 23 heavy (non-hydrogen) atoms. The third-order valence-electron chi connectivity index (χ3n) is 3.32. The highest BCUT2D eigenvalue weighted by molar-refractivity contribution is 6.36. The first-order valence-electron chi connectivity index (χ1n) is 6.98. The van der Waals surface area contributed by atoms with Crippen molar-refractivity contribution in [3.8, 4) is 11.5 Å². The molecule has 2 aromatic rings. The second-order valence-corrected chi connectivity index (χ2v) is 5.75. The second-order valence-electron chi connectivity index (χ2n) is 4.96. The Morgan fingerprint density at radius 3 is 2.39 bits per heavy atom. The van der Waals surface area contributed by atoms with Crippen molar-refractivity contribution in [1.29, 1.82) is 0 Å². The van der Waals surface area contributed by atoms with E-state index >= 15 is 0 Å². The molecule has 0 fully saturated rings. The fourth-order valence-corrected chi connectivity index (χ4v) is 2.31.